The Kier molecular flexibility index (Phi) is 4.16. The van der Waals surface area contributed by atoms with Crippen LogP contribution in [-0.4, -0.2) is 34.0 Å². The third-order valence-corrected chi connectivity index (χ3v) is 4.74. The second-order valence-corrected chi connectivity index (χ2v) is 6.27. The number of aliphatic hydroxyl groups excluding tert-OH is 1. The van der Waals surface area contributed by atoms with Crippen LogP contribution in [0.2, 0.25) is 0 Å². The smallest absolute Gasteiger partial charge is 0.325 e. The molecule has 1 atom stereocenters. The quantitative estimate of drug-likeness (QED) is 0.842. The molecule has 3 rings (SSSR count). The fourth-order valence-corrected chi connectivity index (χ4v) is 3.47. The van der Waals surface area contributed by atoms with Gasteiger partial charge in [-0.1, -0.05) is 56.0 Å². The minimum Gasteiger partial charge on any atom is -0.387 e. The number of imide groups is 1. The molecule has 1 saturated heterocycles. The molecule has 1 heterocycles. The number of carbonyl (C=O) groups is 2. The maximum Gasteiger partial charge on any atom is 0.325 e. The highest BCUT2D eigenvalue weighted by molar-refractivity contribution is 6.07. The van der Waals surface area contributed by atoms with Crippen molar-refractivity contribution in [3.63, 3.8) is 0 Å². The first kappa shape index (κ1) is 15.0. The second kappa shape index (κ2) is 6.08. The van der Waals surface area contributed by atoms with Gasteiger partial charge in [-0.3, -0.25) is 9.69 Å². The molecule has 1 spiro atoms. The van der Waals surface area contributed by atoms with Crippen LogP contribution in [-0.2, 0) is 4.79 Å². The van der Waals surface area contributed by atoms with E-state index in [9.17, 15) is 14.7 Å². The van der Waals surface area contributed by atoms with Crippen LogP contribution in [0.5, 0.6) is 0 Å². The van der Waals surface area contributed by atoms with Crippen molar-refractivity contribution >= 4 is 11.9 Å². The van der Waals surface area contributed by atoms with E-state index in [2.05, 4.69) is 5.32 Å². The summed E-state index contributed by atoms with van der Waals surface area (Å²) >= 11 is 0. The molecule has 0 radical (unpaired) electrons. The van der Waals surface area contributed by atoms with E-state index < -0.39 is 11.6 Å². The Morgan fingerprint density at radius 3 is 2.36 bits per heavy atom. The molecule has 1 aromatic rings. The molecule has 1 saturated carbocycles. The van der Waals surface area contributed by atoms with E-state index in [4.69, 9.17) is 0 Å². The summed E-state index contributed by atoms with van der Waals surface area (Å²) in [6.07, 6.45) is 4.69. The van der Waals surface area contributed by atoms with E-state index in [1.54, 1.807) is 12.1 Å². The summed E-state index contributed by atoms with van der Waals surface area (Å²) in [7, 11) is 0. The van der Waals surface area contributed by atoms with Gasteiger partial charge in [0, 0.05) is 0 Å². The minimum atomic E-state index is -0.850. The van der Waals surface area contributed by atoms with Gasteiger partial charge in [0.1, 0.15) is 5.54 Å². The average Bonchev–Trinajstić information content (AvgIpc) is 2.72. The van der Waals surface area contributed by atoms with Crippen molar-refractivity contribution in [2.24, 2.45) is 0 Å². The Morgan fingerprint density at radius 1 is 1.09 bits per heavy atom. The van der Waals surface area contributed by atoms with Gasteiger partial charge in [0.15, 0.2) is 0 Å². The van der Waals surface area contributed by atoms with E-state index in [0.29, 0.717) is 18.4 Å². The van der Waals surface area contributed by atoms with Gasteiger partial charge in [-0.2, -0.15) is 0 Å². The number of β-amino-alcohol motifs (C(OH)–C–C–N with tert-alkyl or cyclic N) is 1. The standard InChI is InChI=1S/C17H22N2O3/c20-14(13-8-4-3-5-9-13)12-19-15(21)17(18-16(19)22)10-6-1-2-7-11-17/h3-5,8-9,14,20H,1-2,6-7,10-12H2,(H,18,22)/t14-/m1/s1. The van der Waals surface area contributed by atoms with Crippen LogP contribution in [0.25, 0.3) is 0 Å². The normalized spacial score (nSPS) is 22.5. The zero-order valence-electron chi connectivity index (χ0n) is 12.6. The molecule has 5 heteroatoms. The highest BCUT2D eigenvalue weighted by atomic mass is 16.3. The van der Waals surface area contributed by atoms with E-state index in [0.717, 1.165) is 25.7 Å². The van der Waals surface area contributed by atoms with Crippen LogP contribution in [0.15, 0.2) is 30.3 Å². The molecule has 22 heavy (non-hydrogen) atoms. The van der Waals surface area contributed by atoms with Crippen molar-refractivity contribution < 1.29 is 14.7 Å². The molecular formula is C17H22N2O3. The van der Waals surface area contributed by atoms with Gasteiger partial charge in [-0.05, 0) is 18.4 Å². The number of nitrogens with zero attached hydrogens (tertiary/aromatic N) is 1. The predicted octanol–water partition coefficient (Wildman–Crippen LogP) is 2.36. The third kappa shape index (κ3) is 2.73. The van der Waals surface area contributed by atoms with Crippen molar-refractivity contribution in [3.05, 3.63) is 35.9 Å². The number of rotatable bonds is 3. The van der Waals surface area contributed by atoms with Gasteiger partial charge < -0.3 is 10.4 Å². The zero-order valence-corrected chi connectivity index (χ0v) is 12.6. The number of aliphatic hydroxyl groups is 1. The molecule has 2 N–H and O–H groups in total. The number of benzene rings is 1. The lowest BCUT2D eigenvalue weighted by Crippen LogP contribution is -2.46. The molecule has 1 aromatic carbocycles. The Labute approximate surface area is 130 Å². The van der Waals surface area contributed by atoms with Crippen molar-refractivity contribution in [2.75, 3.05) is 6.54 Å². The number of urea groups is 1. The maximum absolute atomic E-state index is 12.7. The fourth-order valence-electron chi connectivity index (χ4n) is 3.47. The molecule has 2 aliphatic rings. The van der Waals surface area contributed by atoms with Crippen molar-refractivity contribution in [3.8, 4) is 0 Å². The van der Waals surface area contributed by atoms with Gasteiger partial charge >= 0.3 is 6.03 Å². The Morgan fingerprint density at radius 2 is 1.73 bits per heavy atom. The van der Waals surface area contributed by atoms with Gasteiger partial charge in [-0.25, -0.2) is 4.79 Å². The number of nitrogens with one attached hydrogen (secondary N) is 1. The Balaban J connectivity index is 1.74. The summed E-state index contributed by atoms with van der Waals surface area (Å²) in [4.78, 5) is 26.1. The topological polar surface area (TPSA) is 69.6 Å². The molecule has 2 fully saturated rings. The summed E-state index contributed by atoms with van der Waals surface area (Å²) in [5.41, 5.74) is -0.0193. The van der Waals surface area contributed by atoms with Gasteiger partial charge in [-0.15, -0.1) is 0 Å². The largest absolute Gasteiger partial charge is 0.387 e. The second-order valence-electron chi connectivity index (χ2n) is 6.27. The molecule has 118 valence electrons. The first-order valence-corrected chi connectivity index (χ1v) is 7.99. The zero-order chi connectivity index (χ0) is 15.6. The number of amides is 3. The average molecular weight is 302 g/mol. The third-order valence-electron chi connectivity index (χ3n) is 4.74. The molecule has 0 bridgehead atoms. The summed E-state index contributed by atoms with van der Waals surface area (Å²) < 4.78 is 0. The Hall–Kier alpha value is -1.88. The monoisotopic (exact) mass is 302 g/mol. The fraction of sp³-hybridized carbons (Fsp3) is 0.529. The molecule has 3 amide bonds. The van der Waals surface area contributed by atoms with Gasteiger partial charge in [0.05, 0.1) is 12.6 Å². The molecule has 0 unspecified atom stereocenters. The highest BCUT2D eigenvalue weighted by Gasteiger charge is 2.50. The van der Waals surface area contributed by atoms with E-state index in [1.807, 2.05) is 18.2 Å². The van der Waals surface area contributed by atoms with E-state index in [-0.39, 0.29) is 18.5 Å². The molecule has 1 aliphatic carbocycles. The van der Waals surface area contributed by atoms with Gasteiger partial charge in [0.2, 0.25) is 0 Å². The van der Waals surface area contributed by atoms with Crippen LogP contribution in [0.1, 0.15) is 50.2 Å². The van der Waals surface area contributed by atoms with Crippen LogP contribution in [0.4, 0.5) is 4.79 Å². The number of hydrogen-bond donors (Lipinski definition) is 2. The molecular weight excluding hydrogens is 280 g/mol. The van der Waals surface area contributed by atoms with E-state index in [1.165, 1.54) is 4.90 Å². The number of carbonyl (C=O) groups excluding carboxylic acids is 2. The SMILES string of the molecule is O=C1NC2(CCCCCC2)C(=O)N1C[C@@H](O)c1ccccc1. The first-order valence-electron chi connectivity index (χ1n) is 7.99. The van der Waals surface area contributed by atoms with Crippen LogP contribution >= 0.6 is 0 Å². The summed E-state index contributed by atoms with van der Waals surface area (Å²) in [5, 5.41) is 13.2. The molecule has 5 nitrogen and oxygen atoms in total. The van der Waals surface area contributed by atoms with Crippen molar-refractivity contribution in [1.29, 1.82) is 0 Å². The minimum absolute atomic E-state index is 0.0103. The first-order chi connectivity index (χ1) is 10.6. The predicted molar refractivity (Wildman–Crippen MR) is 82.1 cm³/mol. The van der Waals surface area contributed by atoms with Crippen LogP contribution in [0, 0.1) is 0 Å². The summed E-state index contributed by atoms with van der Waals surface area (Å²) in [5.74, 6) is -0.172. The molecule has 0 aromatic heterocycles. The summed E-state index contributed by atoms with van der Waals surface area (Å²) in [6, 6.07) is 8.75. The van der Waals surface area contributed by atoms with Crippen molar-refractivity contribution in [1.82, 2.24) is 10.2 Å². The van der Waals surface area contributed by atoms with Gasteiger partial charge in [0.25, 0.3) is 5.91 Å². The Bertz CT molecular complexity index is 550. The lowest BCUT2D eigenvalue weighted by Gasteiger charge is -2.25. The maximum atomic E-state index is 12.7. The summed E-state index contributed by atoms with van der Waals surface area (Å²) in [6.45, 7) is 0.0103. The lowest BCUT2D eigenvalue weighted by molar-refractivity contribution is -0.132. The van der Waals surface area contributed by atoms with E-state index >= 15 is 0 Å². The highest BCUT2D eigenvalue weighted by Crippen LogP contribution is 2.33. The number of hydrogen-bond acceptors (Lipinski definition) is 3. The van der Waals surface area contributed by atoms with Crippen molar-refractivity contribution in [2.45, 2.75) is 50.2 Å². The van der Waals surface area contributed by atoms with Crippen LogP contribution in [0.3, 0.4) is 0 Å². The lowest BCUT2D eigenvalue weighted by atomic mass is 9.90. The molecule has 1 aliphatic heterocycles. The van der Waals surface area contributed by atoms with Crippen LogP contribution < -0.4 is 5.32 Å².